The minimum atomic E-state index is -0.480. The van der Waals surface area contributed by atoms with Gasteiger partial charge in [-0.15, -0.1) is 0 Å². The summed E-state index contributed by atoms with van der Waals surface area (Å²) in [4.78, 5) is 37.1. The van der Waals surface area contributed by atoms with Crippen LogP contribution in [0.5, 0.6) is 0 Å². The van der Waals surface area contributed by atoms with E-state index < -0.39 is 11.9 Å². The fourth-order valence-corrected chi connectivity index (χ4v) is 2.41. The molecule has 0 radical (unpaired) electrons. The van der Waals surface area contributed by atoms with Crippen LogP contribution in [0.2, 0.25) is 0 Å². The number of rotatable bonds is 4. The van der Waals surface area contributed by atoms with Crippen molar-refractivity contribution >= 4 is 40.8 Å². The number of carbonyl (C=O) groups is 3. The third-order valence-corrected chi connectivity index (χ3v) is 3.77. The van der Waals surface area contributed by atoms with Crippen LogP contribution in [-0.4, -0.2) is 49.0 Å². The quantitative estimate of drug-likeness (QED) is 0.620. The molecule has 0 atom stereocenters. The maximum absolute atomic E-state index is 12.2. The predicted molar refractivity (Wildman–Crippen MR) is 106 cm³/mol. The fourth-order valence-electron chi connectivity index (χ4n) is 2.20. The van der Waals surface area contributed by atoms with Gasteiger partial charge in [-0.1, -0.05) is 6.07 Å². The van der Waals surface area contributed by atoms with Gasteiger partial charge in [-0.05, 0) is 54.7 Å². The molecule has 0 fully saturated rings. The molecule has 2 rings (SSSR count). The Balaban J connectivity index is 2.01. The summed E-state index contributed by atoms with van der Waals surface area (Å²) in [6.45, 7) is 0. The minimum Gasteiger partial charge on any atom is -0.465 e. The SMILES string of the molecule is COC(=O)c1ccc(C(=O)NC(=S)Nc2cccc(C(=O)N(C)C)c2)cc1. The highest BCUT2D eigenvalue weighted by Gasteiger charge is 2.12. The lowest BCUT2D eigenvalue weighted by Crippen LogP contribution is -2.34. The minimum absolute atomic E-state index is 0.0893. The molecule has 2 N–H and O–H groups in total. The monoisotopic (exact) mass is 385 g/mol. The van der Waals surface area contributed by atoms with Crippen molar-refractivity contribution in [1.29, 1.82) is 0 Å². The molecule has 0 unspecified atom stereocenters. The third kappa shape index (κ3) is 5.35. The van der Waals surface area contributed by atoms with Crippen LogP contribution in [0.1, 0.15) is 31.1 Å². The van der Waals surface area contributed by atoms with Crippen LogP contribution < -0.4 is 10.6 Å². The van der Waals surface area contributed by atoms with Crippen LogP contribution in [0.25, 0.3) is 0 Å². The summed E-state index contributed by atoms with van der Waals surface area (Å²) >= 11 is 5.15. The Morgan fingerprint density at radius 3 is 2.19 bits per heavy atom. The van der Waals surface area contributed by atoms with Gasteiger partial charge in [0.2, 0.25) is 0 Å². The van der Waals surface area contributed by atoms with Crippen molar-refractivity contribution < 1.29 is 19.1 Å². The van der Waals surface area contributed by atoms with Crippen molar-refractivity contribution in [1.82, 2.24) is 10.2 Å². The third-order valence-electron chi connectivity index (χ3n) is 3.57. The Morgan fingerprint density at radius 1 is 0.963 bits per heavy atom. The number of nitrogens with one attached hydrogen (secondary N) is 2. The summed E-state index contributed by atoms with van der Waals surface area (Å²) in [5.41, 5.74) is 1.76. The van der Waals surface area contributed by atoms with Crippen LogP contribution in [0.15, 0.2) is 48.5 Å². The molecule has 0 aromatic heterocycles. The lowest BCUT2D eigenvalue weighted by molar-refractivity contribution is 0.0600. The number of anilines is 1. The van der Waals surface area contributed by atoms with Crippen LogP contribution >= 0.6 is 12.2 Å². The zero-order valence-corrected chi connectivity index (χ0v) is 15.9. The molecule has 0 saturated heterocycles. The standard InChI is InChI=1S/C19H19N3O4S/c1-22(2)17(24)14-5-4-6-15(11-14)20-19(27)21-16(23)12-7-9-13(10-8-12)18(25)26-3/h4-11H,1-3H3,(H2,20,21,23,27). The van der Waals surface area contributed by atoms with Gasteiger partial charge in [-0.25, -0.2) is 4.79 Å². The number of ether oxygens (including phenoxy) is 1. The number of nitrogens with zero attached hydrogens (tertiary/aromatic N) is 1. The molecule has 0 aliphatic carbocycles. The zero-order valence-electron chi connectivity index (χ0n) is 15.1. The molecule has 27 heavy (non-hydrogen) atoms. The maximum Gasteiger partial charge on any atom is 0.337 e. The van der Waals surface area contributed by atoms with Crippen molar-refractivity contribution in [2.75, 3.05) is 26.5 Å². The van der Waals surface area contributed by atoms with E-state index in [1.807, 2.05) is 0 Å². The van der Waals surface area contributed by atoms with E-state index in [1.54, 1.807) is 38.4 Å². The van der Waals surface area contributed by atoms with Crippen molar-refractivity contribution in [3.05, 3.63) is 65.2 Å². The van der Waals surface area contributed by atoms with Gasteiger partial charge < -0.3 is 15.0 Å². The molecule has 7 nitrogen and oxygen atoms in total. The number of benzene rings is 2. The summed E-state index contributed by atoms with van der Waals surface area (Å²) in [5.74, 6) is -1.05. The maximum atomic E-state index is 12.2. The highest BCUT2D eigenvalue weighted by atomic mass is 32.1. The van der Waals surface area contributed by atoms with Crippen LogP contribution in [-0.2, 0) is 4.74 Å². The first-order valence-electron chi connectivity index (χ1n) is 7.94. The summed E-state index contributed by atoms with van der Waals surface area (Å²) in [7, 11) is 4.62. The number of carbonyl (C=O) groups excluding carboxylic acids is 3. The molecular formula is C19H19N3O4S. The van der Waals surface area contributed by atoms with Gasteiger partial charge >= 0.3 is 5.97 Å². The molecule has 0 spiro atoms. The summed E-state index contributed by atoms with van der Waals surface area (Å²) in [6.07, 6.45) is 0. The topological polar surface area (TPSA) is 87.7 Å². The van der Waals surface area contributed by atoms with E-state index in [9.17, 15) is 14.4 Å². The Hall–Kier alpha value is -3.26. The lowest BCUT2D eigenvalue weighted by atomic mass is 10.1. The van der Waals surface area contributed by atoms with Crippen molar-refractivity contribution in [3.63, 3.8) is 0 Å². The van der Waals surface area contributed by atoms with Gasteiger partial charge in [0, 0.05) is 30.9 Å². The normalized spacial score (nSPS) is 9.89. The van der Waals surface area contributed by atoms with Crippen LogP contribution in [0.3, 0.4) is 0 Å². The van der Waals surface area contributed by atoms with Crippen molar-refractivity contribution in [2.24, 2.45) is 0 Å². The van der Waals surface area contributed by atoms with Gasteiger partial charge in [0.05, 0.1) is 12.7 Å². The smallest absolute Gasteiger partial charge is 0.337 e. The van der Waals surface area contributed by atoms with Gasteiger partial charge in [0.15, 0.2) is 5.11 Å². The summed E-state index contributed by atoms with van der Waals surface area (Å²) in [5, 5.41) is 5.51. The lowest BCUT2D eigenvalue weighted by Gasteiger charge is -2.13. The molecule has 8 heteroatoms. The Labute approximate surface area is 162 Å². The number of thiocarbonyl (C=S) groups is 1. The van der Waals surface area contributed by atoms with Crippen LogP contribution in [0.4, 0.5) is 5.69 Å². The van der Waals surface area contributed by atoms with E-state index in [-0.39, 0.29) is 11.0 Å². The molecule has 0 aliphatic heterocycles. The predicted octanol–water partition coefficient (Wildman–Crippen LogP) is 2.30. The molecule has 2 aromatic rings. The average Bonchev–Trinajstić information content (AvgIpc) is 2.66. The second-order valence-electron chi connectivity index (χ2n) is 5.76. The van der Waals surface area contributed by atoms with Crippen molar-refractivity contribution in [3.8, 4) is 0 Å². The summed E-state index contributed by atoms with van der Waals surface area (Å²) < 4.78 is 4.61. The van der Waals surface area contributed by atoms with E-state index in [4.69, 9.17) is 12.2 Å². The van der Waals surface area contributed by atoms with Gasteiger partial charge in [0.1, 0.15) is 0 Å². The first-order chi connectivity index (χ1) is 12.8. The molecule has 2 aromatic carbocycles. The Bertz CT molecular complexity index is 879. The first kappa shape index (κ1) is 20.1. The van der Waals surface area contributed by atoms with E-state index >= 15 is 0 Å². The number of hydrogen-bond acceptors (Lipinski definition) is 5. The van der Waals surface area contributed by atoms with E-state index in [0.29, 0.717) is 22.4 Å². The van der Waals surface area contributed by atoms with E-state index in [0.717, 1.165) is 0 Å². The molecule has 0 heterocycles. The molecule has 0 bridgehead atoms. The molecule has 0 aliphatic rings. The number of methoxy groups -OCH3 is 1. The van der Waals surface area contributed by atoms with Crippen molar-refractivity contribution in [2.45, 2.75) is 0 Å². The number of amides is 2. The molecule has 0 saturated carbocycles. The molecule has 2 amide bonds. The zero-order chi connectivity index (χ0) is 20.0. The number of hydrogen-bond donors (Lipinski definition) is 2. The second-order valence-corrected chi connectivity index (χ2v) is 6.17. The van der Waals surface area contributed by atoms with E-state index in [2.05, 4.69) is 15.4 Å². The second kappa shape index (κ2) is 8.91. The fraction of sp³-hybridized carbons (Fsp3) is 0.158. The summed E-state index contributed by atoms with van der Waals surface area (Å²) in [6, 6.07) is 12.8. The number of esters is 1. The van der Waals surface area contributed by atoms with Crippen LogP contribution in [0, 0.1) is 0 Å². The van der Waals surface area contributed by atoms with Gasteiger partial charge in [0.25, 0.3) is 11.8 Å². The highest BCUT2D eigenvalue weighted by Crippen LogP contribution is 2.12. The average molecular weight is 385 g/mol. The highest BCUT2D eigenvalue weighted by molar-refractivity contribution is 7.80. The molecule has 140 valence electrons. The van der Waals surface area contributed by atoms with E-state index in [1.165, 1.54) is 36.3 Å². The largest absolute Gasteiger partial charge is 0.465 e. The molecular weight excluding hydrogens is 366 g/mol. The Kier molecular flexibility index (Phi) is 6.62. The van der Waals surface area contributed by atoms with Gasteiger partial charge in [-0.3, -0.25) is 14.9 Å². The first-order valence-corrected chi connectivity index (χ1v) is 8.35. The van der Waals surface area contributed by atoms with Gasteiger partial charge in [-0.2, -0.15) is 0 Å². The Morgan fingerprint density at radius 2 is 1.59 bits per heavy atom.